The summed E-state index contributed by atoms with van der Waals surface area (Å²) in [4.78, 5) is 12.4. The summed E-state index contributed by atoms with van der Waals surface area (Å²) in [5.74, 6) is -0.00848. The van der Waals surface area contributed by atoms with Crippen LogP contribution in [0, 0.1) is 11.3 Å². The number of hydrogen-bond acceptors (Lipinski definition) is 5. The normalized spacial score (nSPS) is 11.0. The molecule has 0 aliphatic heterocycles. The van der Waals surface area contributed by atoms with E-state index in [1.54, 1.807) is 38.1 Å². The number of benzene rings is 2. The van der Waals surface area contributed by atoms with Gasteiger partial charge in [0, 0.05) is 23.4 Å². The SMILES string of the molecule is CC(C)NS(=O)(=O)c1cccc(C(=O)Nc2cccc(OCC#N)c2)c1. The van der Waals surface area contributed by atoms with Crippen molar-refractivity contribution < 1.29 is 17.9 Å². The number of hydrogen-bond donors (Lipinski definition) is 2. The van der Waals surface area contributed by atoms with Gasteiger partial charge in [-0.25, -0.2) is 13.1 Å². The van der Waals surface area contributed by atoms with E-state index in [2.05, 4.69) is 10.0 Å². The van der Waals surface area contributed by atoms with Crippen molar-refractivity contribution in [3.8, 4) is 11.8 Å². The van der Waals surface area contributed by atoms with Crippen LogP contribution in [0.2, 0.25) is 0 Å². The highest BCUT2D eigenvalue weighted by molar-refractivity contribution is 7.89. The number of amides is 1. The number of carbonyl (C=O) groups excluding carboxylic acids is 1. The average molecular weight is 373 g/mol. The second kappa shape index (κ2) is 8.47. The molecule has 2 N–H and O–H groups in total. The molecule has 2 aromatic carbocycles. The number of ether oxygens (including phenoxy) is 1. The fourth-order valence-electron chi connectivity index (χ4n) is 2.17. The van der Waals surface area contributed by atoms with Crippen molar-refractivity contribution >= 4 is 21.6 Å². The molecule has 0 aromatic heterocycles. The fraction of sp³-hybridized carbons (Fsp3) is 0.222. The monoisotopic (exact) mass is 373 g/mol. The number of nitrogens with one attached hydrogen (secondary N) is 2. The highest BCUT2D eigenvalue weighted by Gasteiger charge is 2.17. The topological polar surface area (TPSA) is 108 Å². The van der Waals surface area contributed by atoms with Crippen molar-refractivity contribution in [2.75, 3.05) is 11.9 Å². The first kappa shape index (κ1) is 19.4. The van der Waals surface area contributed by atoms with Crippen LogP contribution >= 0.6 is 0 Å². The summed E-state index contributed by atoms with van der Waals surface area (Å²) in [6.07, 6.45) is 0. The van der Waals surface area contributed by atoms with Gasteiger partial charge in [-0.3, -0.25) is 4.79 Å². The van der Waals surface area contributed by atoms with E-state index in [-0.39, 0.29) is 23.1 Å². The Morgan fingerprint density at radius 2 is 1.92 bits per heavy atom. The van der Waals surface area contributed by atoms with Crippen molar-refractivity contribution in [1.29, 1.82) is 5.26 Å². The van der Waals surface area contributed by atoms with Crippen LogP contribution < -0.4 is 14.8 Å². The summed E-state index contributed by atoms with van der Waals surface area (Å²) < 4.78 is 32.1. The lowest BCUT2D eigenvalue weighted by Gasteiger charge is -2.11. The predicted octanol–water partition coefficient (Wildman–Crippen LogP) is 2.53. The lowest BCUT2D eigenvalue weighted by Crippen LogP contribution is -2.30. The van der Waals surface area contributed by atoms with Crippen LogP contribution in [0.15, 0.2) is 53.4 Å². The lowest BCUT2D eigenvalue weighted by atomic mass is 10.2. The third kappa shape index (κ3) is 5.31. The van der Waals surface area contributed by atoms with Crippen LogP contribution in [0.5, 0.6) is 5.75 Å². The number of anilines is 1. The van der Waals surface area contributed by atoms with E-state index in [1.165, 1.54) is 24.3 Å². The first-order chi connectivity index (χ1) is 12.3. The van der Waals surface area contributed by atoms with Gasteiger partial charge < -0.3 is 10.1 Å². The molecular weight excluding hydrogens is 354 g/mol. The minimum Gasteiger partial charge on any atom is -0.479 e. The van der Waals surface area contributed by atoms with Gasteiger partial charge in [-0.05, 0) is 44.2 Å². The number of carbonyl (C=O) groups is 1. The van der Waals surface area contributed by atoms with Crippen LogP contribution in [0.3, 0.4) is 0 Å². The first-order valence-corrected chi connectivity index (χ1v) is 9.33. The molecule has 2 rings (SSSR count). The Balaban J connectivity index is 2.18. The van der Waals surface area contributed by atoms with Crippen molar-refractivity contribution in [3.05, 3.63) is 54.1 Å². The van der Waals surface area contributed by atoms with Gasteiger partial charge in [0.15, 0.2) is 6.61 Å². The zero-order valence-electron chi connectivity index (χ0n) is 14.4. The summed E-state index contributed by atoms with van der Waals surface area (Å²) >= 11 is 0. The maximum atomic E-state index is 12.4. The second-order valence-corrected chi connectivity index (χ2v) is 7.45. The molecule has 0 saturated heterocycles. The Morgan fingerprint density at radius 3 is 2.62 bits per heavy atom. The summed E-state index contributed by atoms with van der Waals surface area (Å²) in [6, 6.07) is 14.0. The molecule has 1 amide bonds. The molecule has 0 bridgehead atoms. The smallest absolute Gasteiger partial charge is 0.255 e. The maximum Gasteiger partial charge on any atom is 0.255 e. The molecule has 26 heavy (non-hydrogen) atoms. The minimum absolute atomic E-state index is 0.0185. The van der Waals surface area contributed by atoms with Crippen LogP contribution in [0.25, 0.3) is 0 Å². The van der Waals surface area contributed by atoms with E-state index < -0.39 is 15.9 Å². The van der Waals surface area contributed by atoms with E-state index in [4.69, 9.17) is 10.00 Å². The van der Waals surface area contributed by atoms with Gasteiger partial charge in [0.1, 0.15) is 11.8 Å². The Labute approximate surface area is 152 Å². The van der Waals surface area contributed by atoms with Crippen molar-refractivity contribution in [1.82, 2.24) is 4.72 Å². The first-order valence-electron chi connectivity index (χ1n) is 7.85. The molecule has 0 unspecified atom stereocenters. The van der Waals surface area contributed by atoms with E-state index in [0.717, 1.165) is 0 Å². The number of sulfonamides is 1. The highest BCUT2D eigenvalue weighted by Crippen LogP contribution is 2.19. The van der Waals surface area contributed by atoms with Crippen molar-refractivity contribution in [2.24, 2.45) is 0 Å². The van der Waals surface area contributed by atoms with Crippen molar-refractivity contribution in [2.45, 2.75) is 24.8 Å². The average Bonchev–Trinajstić information content (AvgIpc) is 2.59. The van der Waals surface area contributed by atoms with E-state index in [1.807, 2.05) is 6.07 Å². The standard InChI is InChI=1S/C18H19N3O4S/c1-13(2)21-26(23,24)17-8-3-5-14(11-17)18(22)20-15-6-4-7-16(12-15)25-10-9-19/h3-8,11-13,21H,10H2,1-2H3,(H,20,22). The summed E-state index contributed by atoms with van der Waals surface area (Å²) in [6.45, 7) is 3.34. The maximum absolute atomic E-state index is 12.4. The number of nitriles is 1. The van der Waals surface area contributed by atoms with E-state index in [9.17, 15) is 13.2 Å². The molecule has 0 aliphatic carbocycles. The minimum atomic E-state index is -3.69. The van der Waals surface area contributed by atoms with E-state index >= 15 is 0 Å². The number of rotatable bonds is 7. The molecule has 0 spiro atoms. The van der Waals surface area contributed by atoms with Gasteiger partial charge in [-0.15, -0.1) is 0 Å². The second-order valence-electron chi connectivity index (χ2n) is 5.73. The summed E-state index contributed by atoms with van der Waals surface area (Å²) in [5, 5.41) is 11.2. The zero-order chi connectivity index (χ0) is 19.2. The van der Waals surface area contributed by atoms with Crippen LogP contribution in [-0.2, 0) is 10.0 Å². The molecule has 2 aromatic rings. The molecule has 0 atom stereocenters. The molecular formula is C18H19N3O4S. The van der Waals surface area contributed by atoms with Crippen LogP contribution in [-0.4, -0.2) is 27.0 Å². The Kier molecular flexibility index (Phi) is 6.33. The molecule has 0 radical (unpaired) electrons. The predicted molar refractivity (Wildman–Crippen MR) is 97.4 cm³/mol. The third-order valence-corrected chi connectivity index (χ3v) is 4.85. The number of nitrogens with zero attached hydrogens (tertiary/aromatic N) is 1. The molecule has 8 heteroatoms. The zero-order valence-corrected chi connectivity index (χ0v) is 15.2. The van der Waals surface area contributed by atoms with Crippen molar-refractivity contribution in [3.63, 3.8) is 0 Å². The Morgan fingerprint density at radius 1 is 1.19 bits per heavy atom. The Bertz CT molecular complexity index is 933. The molecule has 0 saturated carbocycles. The highest BCUT2D eigenvalue weighted by atomic mass is 32.2. The van der Waals surface area contributed by atoms with Gasteiger partial charge in [-0.1, -0.05) is 12.1 Å². The van der Waals surface area contributed by atoms with Crippen LogP contribution in [0.1, 0.15) is 24.2 Å². The largest absolute Gasteiger partial charge is 0.479 e. The summed E-state index contributed by atoms with van der Waals surface area (Å²) in [5.41, 5.74) is 0.680. The fourth-order valence-corrected chi connectivity index (χ4v) is 3.46. The lowest BCUT2D eigenvalue weighted by molar-refractivity contribution is 0.102. The summed E-state index contributed by atoms with van der Waals surface area (Å²) in [7, 11) is -3.69. The van der Waals surface area contributed by atoms with Gasteiger partial charge in [0.2, 0.25) is 10.0 Å². The van der Waals surface area contributed by atoms with Gasteiger partial charge in [0.25, 0.3) is 5.91 Å². The molecule has 0 aliphatic rings. The van der Waals surface area contributed by atoms with Gasteiger partial charge in [0.05, 0.1) is 4.90 Å². The van der Waals surface area contributed by atoms with Gasteiger partial charge >= 0.3 is 0 Å². The molecule has 7 nitrogen and oxygen atoms in total. The third-order valence-electron chi connectivity index (χ3n) is 3.19. The van der Waals surface area contributed by atoms with Gasteiger partial charge in [-0.2, -0.15) is 5.26 Å². The molecule has 0 fully saturated rings. The quantitative estimate of drug-likeness (QED) is 0.775. The molecule has 0 heterocycles. The van der Waals surface area contributed by atoms with E-state index in [0.29, 0.717) is 11.4 Å². The Hall–Kier alpha value is -2.89. The van der Waals surface area contributed by atoms with Crippen LogP contribution in [0.4, 0.5) is 5.69 Å². The molecule has 136 valence electrons.